The van der Waals surface area contributed by atoms with Crippen molar-refractivity contribution in [1.29, 1.82) is 0 Å². The summed E-state index contributed by atoms with van der Waals surface area (Å²) >= 11 is 12.8. The quantitative estimate of drug-likeness (QED) is 0.630. The second-order valence-corrected chi connectivity index (χ2v) is 6.93. The van der Waals surface area contributed by atoms with E-state index in [4.69, 9.17) is 28.3 Å². The van der Waals surface area contributed by atoms with E-state index in [0.717, 1.165) is 27.6 Å². The molecule has 0 aliphatic rings. The van der Waals surface area contributed by atoms with Crippen molar-refractivity contribution in [3.8, 4) is 22.3 Å². The fraction of sp³-hybridized carbons (Fsp3) is 0. The number of benzene rings is 3. The molecule has 0 unspecified atom stereocenters. The lowest BCUT2D eigenvalue weighted by atomic mass is 9.94. The van der Waals surface area contributed by atoms with Gasteiger partial charge in [-0.3, -0.25) is 0 Å². The molecule has 0 atom stereocenters. The van der Waals surface area contributed by atoms with E-state index >= 15 is 0 Å². The molecule has 124 valence electrons. The Morgan fingerprint density at radius 1 is 0.800 bits per heavy atom. The van der Waals surface area contributed by atoms with E-state index in [9.17, 15) is 4.79 Å². The van der Waals surface area contributed by atoms with Crippen LogP contribution in [0.5, 0.6) is 0 Å². The highest BCUT2D eigenvalue weighted by Crippen LogP contribution is 2.38. The zero-order valence-corrected chi connectivity index (χ0v) is 15.3. The maximum absolute atomic E-state index is 10.9. The van der Waals surface area contributed by atoms with Gasteiger partial charge in [0.05, 0.1) is 5.30 Å². The van der Waals surface area contributed by atoms with Crippen LogP contribution in [0.2, 0.25) is 10.0 Å². The highest BCUT2D eigenvalue weighted by Gasteiger charge is 2.18. The molecule has 3 aromatic carbocycles. The highest BCUT2D eigenvalue weighted by atomic mass is 35.5. The minimum absolute atomic E-state index is 0.457. The number of hydrogen-bond acceptors (Lipinski definition) is 1. The molecule has 3 rings (SSSR count). The molecule has 3 aromatic rings. The van der Waals surface area contributed by atoms with Gasteiger partial charge in [-0.15, -0.1) is 4.74 Å². The predicted octanol–water partition coefficient (Wildman–Crippen LogP) is 4.84. The zero-order chi connectivity index (χ0) is 17.8. The predicted molar refractivity (Wildman–Crippen MR) is 103 cm³/mol. The van der Waals surface area contributed by atoms with Crippen molar-refractivity contribution in [3.63, 3.8) is 0 Å². The van der Waals surface area contributed by atoms with Crippen molar-refractivity contribution in [2.24, 2.45) is 0 Å². The van der Waals surface area contributed by atoms with E-state index in [1.165, 1.54) is 0 Å². The van der Waals surface area contributed by atoms with Gasteiger partial charge in [0.2, 0.25) is 0 Å². The normalized spacial score (nSPS) is 11.0. The van der Waals surface area contributed by atoms with Crippen LogP contribution in [0, 0.1) is 0 Å². The van der Waals surface area contributed by atoms with Gasteiger partial charge in [-0.2, -0.15) is 4.79 Å². The van der Waals surface area contributed by atoms with Crippen LogP contribution in [0.15, 0.2) is 66.7 Å². The summed E-state index contributed by atoms with van der Waals surface area (Å²) in [4.78, 5) is 10.9. The number of carbonyl (C=O) groups is 1. The van der Waals surface area contributed by atoms with Gasteiger partial charge in [0.1, 0.15) is 0 Å². The summed E-state index contributed by atoms with van der Waals surface area (Å²) in [6.45, 7) is 0. The van der Waals surface area contributed by atoms with Crippen LogP contribution in [0.1, 0.15) is 0 Å². The van der Waals surface area contributed by atoms with Crippen LogP contribution in [0.3, 0.4) is 0 Å². The van der Waals surface area contributed by atoms with Gasteiger partial charge >= 0.3 is 6.09 Å². The molecule has 0 saturated heterocycles. The van der Waals surface area contributed by atoms with Crippen LogP contribution >= 0.6 is 31.6 Å². The molecule has 3 nitrogen and oxygen atoms in total. The molecule has 6 heteroatoms. The zero-order valence-electron chi connectivity index (χ0n) is 12.9. The smallest absolute Gasteiger partial charge is 0.427 e. The third-order valence-corrected chi connectivity index (χ3v) is 5.20. The SMILES string of the molecule is O=C(O)[NH+]=Pc1cccc(-c2ccccc2Cl)c1-c1ccccc1Cl. The first-order chi connectivity index (χ1) is 12.1. The molecule has 0 aliphatic carbocycles. The lowest BCUT2D eigenvalue weighted by molar-refractivity contribution is -0.334. The Kier molecular flexibility index (Phi) is 5.50. The molecule has 1 amide bonds. The summed E-state index contributed by atoms with van der Waals surface area (Å²) in [7, 11) is 0.457. The molecule has 0 radical (unpaired) electrons. The van der Waals surface area contributed by atoms with Gasteiger partial charge in [0.25, 0.3) is 8.37 Å². The number of rotatable bonds is 3. The van der Waals surface area contributed by atoms with Crippen molar-refractivity contribution in [2.75, 3.05) is 0 Å². The lowest BCUT2D eigenvalue weighted by Gasteiger charge is -2.14. The third-order valence-electron chi connectivity index (χ3n) is 3.62. The van der Waals surface area contributed by atoms with Gasteiger partial charge in [-0.25, -0.2) is 0 Å². The van der Waals surface area contributed by atoms with Crippen LogP contribution in [0.25, 0.3) is 22.3 Å². The molecule has 0 bridgehead atoms. The molecule has 0 heterocycles. The molecule has 0 saturated carbocycles. The monoisotopic (exact) mass is 388 g/mol. The number of amides is 1. The Bertz CT molecular complexity index is 973. The Labute approximate surface area is 156 Å². The fourth-order valence-corrected chi connectivity index (χ4v) is 3.79. The van der Waals surface area contributed by atoms with Gasteiger partial charge < -0.3 is 5.11 Å². The average molecular weight is 389 g/mol. The molecular weight excluding hydrogens is 376 g/mol. The molecule has 0 aliphatic heterocycles. The van der Waals surface area contributed by atoms with E-state index < -0.39 is 6.09 Å². The van der Waals surface area contributed by atoms with Crippen molar-refractivity contribution in [3.05, 3.63) is 76.8 Å². The molecule has 0 aromatic heterocycles. The van der Waals surface area contributed by atoms with Crippen molar-refractivity contribution in [1.82, 2.24) is 0 Å². The van der Waals surface area contributed by atoms with Gasteiger partial charge in [0, 0.05) is 26.7 Å². The topological polar surface area (TPSA) is 51.3 Å². The maximum atomic E-state index is 10.9. The summed E-state index contributed by atoms with van der Waals surface area (Å²) in [5, 5.41) is 11.0. The van der Waals surface area contributed by atoms with E-state index in [-0.39, 0.29) is 0 Å². The lowest BCUT2D eigenvalue weighted by Crippen LogP contribution is -2.67. The van der Waals surface area contributed by atoms with Crippen molar-refractivity contribution >= 4 is 43.0 Å². The molecule has 0 fully saturated rings. The van der Waals surface area contributed by atoms with Crippen LogP contribution in [-0.2, 0) is 0 Å². The van der Waals surface area contributed by atoms with Gasteiger partial charge in [-0.1, -0.05) is 71.7 Å². The van der Waals surface area contributed by atoms with E-state index in [2.05, 4.69) is 4.74 Å². The van der Waals surface area contributed by atoms with Gasteiger partial charge in [-0.05, 0) is 23.8 Å². The van der Waals surface area contributed by atoms with Crippen LogP contribution in [-0.4, -0.2) is 11.2 Å². The Morgan fingerprint density at radius 2 is 1.36 bits per heavy atom. The summed E-state index contributed by atoms with van der Waals surface area (Å²) in [5.74, 6) is 0. The van der Waals surface area contributed by atoms with Gasteiger partial charge in [0.15, 0.2) is 0 Å². The Balaban J connectivity index is 2.33. The summed E-state index contributed by atoms with van der Waals surface area (Å²) in [6, 6.07) is 20.7. The maximum Gasteiger partial charge on any atom is 0.594 e. The molecule has 25 heavy (non-hydrogen) atoms. The van der Waals surface area contributed by atoms with Crippen molar-refractivity contribution < 1.29 is 14.6 Å². The summed E-state index contributed by atoms with van der Waals surface area (Å²) in [6.07, 6.45) is -1.09. The van der Waals surface area contributed by atoms with E-state index in [0.29, 0.717) is 18.4 Å². The van der Waals surface area contributed by atoms with E-state index in [1.54, 1.807) is 0 Å². The molecular formula is C19H13Cl2NO2P+. The molecule has 0 spiro atoms. The number of hydrogen-bond donors (Lipinski definition) is 2. The fourth-order valence-electron chi connectivity index (χ4n) is 2.59. The Hall–Kier alpha value is -2.19. The first kappa shape index (κ1) is 17.6. The first-order valence-corrected chi connectivity index (χ1v) is 9.05. The van der Waals surface area contributed by atoms with Crippen LogP contribution < -0.4 is 10.0 Å². The Morgan fingerprint density at radius 3 is 1.96 bits per heavy atom. The average Bonchev–Trinajstić information content (AvgIpc) is 2.61. The minimum Gasteiger partial charge on any atom is -0.427 e. The molecule has 2 N–H and O–H groups in total. The largest absolute Gasteiger partial charge is 0.594 e. The number of nitrogens with one attached hydrogen (secondary N) is 1. The standard InChI is InChI=1S/C19H12Cl2NO2P/c20-15-9-3-1-6-12(15)13-8-5-11-17(25-22-19(23)24)18(13)14-7-2-4-10-16(14)21/h1-11H,(H,23,24)/p+1. The minimum atomic E-state index is -1.09. The van der Waals surface area contributed by atoms with E-state index in [1.807, 2.05) is 66.7 Å². The summed E-state index contributed by atoms with van der Waals surface area (Å²) in [5.41, 5.74) is 3.45. The number of carboxylic acid groups (broad SMARTS) is 1. The van der Waals surface area contributed by atoms with Crippen molar-refractivity contribution in [2.45, 2.75) is 0 Å². The second-order valence-electron chi connectivity index (χ2n) is 5.19. The third kappa shape index (κ3) is 3.91. The first-order valence-electron chi connectivity index (χ1n) is 7.40. The second kappa shape index (κ2) is 7.79. The highest BCUT2D eigenvalue weighted by molar-refractivity contribution is 7.34. The van der Waals surface area contributed by atoms with Crippen LogP contribution in [0.4, 0.5) is 4.79 Å². The summed E-state index contributed by atoms with van der Waals surface area (Å²) < 4.78 is 2.40. The number of halogens is 2.